The number of aromatic hydroxyl groups is 1. The SMILES string of the molecule is CCn1c(CNC(=O)c2nc(Cl)c(N)nc2N)[n+](CC)c2ccc(OCC(=O)N(Cc3nc(C)ccc3O)C[C@H](C)O)cc21. The molecule has 0 aliphatic rings. The molecule has 3 aromatic heterocycles. The molecule has 1 aromatic carbocycles. The van der Waals surface area contributed by atoms with Crippen LogP contribution in [0.2, 0.25) is 5.15 Å². The van der Waals surface area contributed by atoms with E-state index in [0.717, 1.165) is 16.9 Å². The molecule has 15 heteroatoms. The van der Waals surface area contributed by atoms with Crippen LogP contribution in [0.1, 0.15) is 48.5 Å². The Bertz CT molecular complexity index is 1690. The Morgan fingerprint density at radius 3 is 2.59 bits per heavy atom. The molecule has 0 saturated carbocycles. The molecular formula is C29H37ClN9O5+. The predicted molar refractivity (Wildman–Crippen MR) is 164 cm³/mol. The molecule has 0 fully saturated rings. The molecule has 3 heterocycles. The molecule has 0 spiro atoms. The topological polar surface area (TPSA) is 199 Å². The number of nitrogens with zero attached hydrogens (tertiary/aromatic N) is 6. The third-order valence-corrected chi connectivity index (χ3v) is 7.22. The number of carbonyl (C=O) groups is 2. The average Bonchev–Trinajstić information content (AvgIpc) is 3.29. The minimum atomic E-state index is -0.793. The third kappa shape index (κ3) is 7.09. The molecule has 0 aliphatic heterocycles. The number of nitrogen functional groups attached to an aromatic ring is 2. The number of aliphatic hydroxyl groups excluding tert-OH is 1. The average molecular weight is 627 g/mol. The van der Waals surface area contributed by atoms with Gasteiger partial charge in [-0.15, -0.1) is 0 Å². The van der Waals surface area contributed by atoms with Gasteiger partial charge in [-0.3, -0.25) is 14.6 Å². The van der Waals surface area contributed by atoms with E-state index in [1.54, 1.807) is 26.0 Å². The van der Waals surface area contributed by atoms with E-state index < -0.39 is 12.0 Å². The van der Waals surface area contributed by atoms with Crippen LogP contribution in [0.3, 0.4) is 0 Å². The van der Waals surface area contributed by atoms with Gasteiger partial charge in [0.05, 0.1) is 25.7 Å². The summed E-state index contributed by atoms with van der Waals surface area (Å²) in [7, 11) is 0. The molecule has 44 heavy (non-hydrogen) atoms. The summed E-state index contributed by atoms with van der Waals surface area (Å²) in [6.45, 7) is 8.47. The molecule has 0 saturated heterocycles. The fourth-order valence-electron chi connectivity index (χ4n) is 4.92. The van der Waals surface area contributed by atoms with Crippen LogP contribution in [-0.4, -0.2) is 65.7 Å². The lowest BCUT2D eigenvalue weighted by Crippen LogP contribution is -2.40. The number of nitrogens with one attached hydrogen (secondary N) is 1. The number of anilines is 2. The molecule has 0 radical (unpaired) electrons. The molecule has 234 valence electrons. The molecule has 7 N–H and O–H groups in total. The van der Waals surface area contributed by atoms with E-state index in [4.69, 9.17) is 27.8 Å². The number of aryl methyl sites for hydroxylation is 3. The molecule has 0 unspecified atom stereocenters. The molecule has 1 atom stereocenters. The number of nitrogens with two attached hydrogens (primary N) is 2. The zero-order valence-corrected chi connectivity index (χ0v) is 25.8. The number of aliphatic hydroxyl groups is 1. The highest BCUT2D eigenvalue weighted by Gasteiger charge is 2.26. The summed E-state index contributed by atoms with van der Waals surface area (Å²) in [5, 5.41) is 22.9. The van der Waals surface area contributed by atoms with Crippen molar-refractivity contribution < 1.29 is 29.1 Å². The standard InChI is InChI=1S/C29H36ClN9O5/c1-5-38-20-9-8-18(44-15-24(42)37(13-17(4)40)14-19-22(41)10-7-16(3)34-19)11-21(20)39(6-2)23(38)12-33-29(43)25-27(31)36-28(32)26(30)35-25/h7-11,17,40H,5-6,12-15H2,1-4H3,(H5-,31,32,33,36,41,43)/p+1/t17-/m0/s1. The van der Waals surface area contributed by atoms with Crippen molar-refractivity contribution in [1.82, 2.24) is 29.7 Å². The highest BCUT2D eigenvalue weighted by atomic mass is 35.5. The number of hydrogen-bond donors (Lipinski definition) is 5. The Kier molecular flexibility index (Phi) is 10.1. The zero-order chi connectivity index (χ0) is 32.1. The highest BCUT2D eigenvalue weighted by Crippen LogP contribution is 2.23. The summed E-state index contributed by atoms with van der Waals surface area (Å²) in [5.74, 6) is 0.129. The van der Waals surface area contributed by atoms with Crippen molar-refractivity contribution in [3.05, 3.63) is 58.4 Å². The van der Waals surface area contributed by atoms with Crippen LogP contribution in [0, 0.1) is 6.92 Å². The van der Waals surface area contributed by atoms with Crippen molar-refractivity contribution in [3.8, 4) is 11.5 Å². The highest BCUT2D eigenvalue weighted by molar-refractivity contribution is 6.31. The van der Waals surface area contributed by atoms with E-state index in [-0.39, 0.29) is 60.4 Å². The maximum Gasteiger partial charge on any atom is 0.277 e. The van der Waals surface area contributed by atoms with E-state index in [9.17, 15) is 19.8 Å². The van der Waals surface area contributed by atoms with Gasteiger partial charge in [0, 0.05) is 18.3 Å². The Morgan fingerprint density at radius 2 is 1.91 bits per heavy atom. The summed E-state index contributed by atoms with van der Waals surface area (Å²) < 4.78 is 10.00. The number of fused-ring (bicyclic) bond motifs is 1. The van der Waals surface area contributed by atoms with E-state index in [0.29, 0.717) is 30.2 Å². The summed E-state index contributed by atoms with van der Waals surface area (Å²) in [4.78, 5) is 39.6. The molecular weight excluding hydrogens is 590 g/mol. The van der Waals surface area contributed by atoms with Gasteiger partial charge in [0.2, 0.25) is 0 Å². The van der Waals surface area contributed by atoms with Gasteiger partial charge in [-0.1, -0.05) is 11.6 Å². The summed E-state index contributed by atoms with van der Waals surface area (Å²) in [5.41, 5.74) is 14.1. The number of pyridine rings is 1. The Labute approximate surface area is 259 Å². The number of halogens is 1. The van der Waals surface area contributed by atoms with Crippen LogP contribution < -0.4 is 26.1 Å². The van der Waals surface area contributed by atoms with Gasteiger partial charge >= 0.3 is 0 Å². The van der Waals surface area contributed by atoms with Gasteiger partial charge in [-0.25, -0.2) is 19.1 Å². The van der Waals surface area contributed by atoms with E-state index in [1.807, 2.05) is 30.5 Å². The summed E-state index contributed by atoms with van der Waals surface area (Å²) >= 11 is 5.94. The number of amides is 2. The summed E-state index contributed by atoms with van der Waals surface area (Å²) in [6, 6.07) is 8.69. The molecule has 0 bridgehead atoms. The molecule has 2 amide bonds. The lowest BCUT2D eigenvalue weighted by atomic mass is 10.2. The second kappa shape index (κ2) is 13.7. The first-order valence-corrected chi connectivity index (χ1v) is 14.5. The normalized spacial score (nSPS) is 11.9. The molecule has 0 aliphatic carbocycles. The number of carbonyl (C=O) groups excluding carboxylic acids is 2. The van der Waals surface area contributed by atoms with Crippen LogP contribution in [0.25, 0.3) is 11.0 Å². The zero-order valence-electron chi connectivity index (χ0n) is 25.0. The first-order valence-electron chi connectivity index (χ1n) is 14.1. The number of benzene rings is 1. The van der Waals surface area contributed by atoms with Crippen LogP contribution in [0.15, 0.2) is 30.3 Å². The van der Waals surface area contributed by atoms with Crippen LogP contribution in [0.4, 0.5) is 11.6 Å². The Morgan fingerprint density at radius 1 is 1.16 bits per heavy atom. The van der Waals surface area contributed by atoms with Gasteiger partial charge in [0.25, 0.3) is 17.6 Å². The first kappa shape index (κ1) is 32.2. The quantitative estimate of drug-likeness (QED) is 0.144. The second-order valence-corrected chi connectivity index (χ2v) is 10.6. The Hall–Kier alpha value is -4.69. The number of rotatable bonds is 12. The largest absolute Gasteiger partial charge is 0.506 e. The van der Waals surface area contributed by atoms with Gasteiger partial charge in [-0.2, -0.15) is 0 Å². The minimum absolute atomic E-state index is 0.0176. The lowest BCUT2D eigenvalue weighted by molar-refractivity contribution is -0.676. The maximum atomic E-state index is 13.2. The van der Waals surface area contributed by atoms with Crippen molar-refractivity contribution >= 4 is 46.1 Å². The van der Waals surface area contributed by atoms with Crippen LogP contribution >= 0.6 is 11.6 Å². The van der Waals surface area contributed by atoms with Crippen molar-refractivity contribution in [3.63, 3.8) is 0 Å². The van der Waals surface area contributed by atoms with Gasteiger partial charge in [0.1, 0.15) is 23.7 Å². The van der Waals surface area contributed by atoms with Gasteiger partial charge in [-0.05, 0) is 52.0 Å². The van der Waals surface area contributed by atoms with Crippen molar-refractivity contribution in [1.29, 1.82) is 0 Å². The maximum absolute atomic E-state index is 13.2. The molecule has 14 nitrogen and oxygen atoms in total. The number of ether oxygens (including phenoxy) is 1. The van der Waals surface area contributed by atoms with E-state index >= 15 is 0 Å². The van der Waals surface area contributed by atoms with Gasteiger partial charge in [0.15, 0.2) is 40.1 Å². The first-order chi connectivity index (χ1) is 20.9. The monoisotopic (exact) mass is 626 g/mol. The Balaban J connectivity index is 1.53. The second-order valence-electron chi connectivity index (χ2n) is 10.2. The van der Waals surface area contributed by atoms with Crippen molar-refractivity contribution in [2.24, 2.45) is 0 Å². The predicted octanol–water partition coefficient (Wildman–Crippen LogP) is 1.70. The van der Waals surface area contributed by atoms with Crippen LogP contribution in [0.5, 0.6) is 11.5 Å². The number of aromatic nitrogens is 5. The van der Waals surface area contributed by atoms with Gasteiger partial charge < -0.3 is 36.6 Å². The third-order valence-electron chi connectivity index (χ3n) is 6.94. The molecule has 4 aromatic rings. The van der Waals surface area contributed by atoms with Crippen molar-refractivity contribution in [2.75, 3.05) is 24.6 Å². The smallest absolute Gasteiger partial charge is 0.277 e. The molecule has 4 rings (SSSR count). The van der Waals surface area contributed by atoms with E-state index in [2.05, 4.69) is 24.8 Å². The fourth-order valence-corrected chi connectivity index (χ4v) is 5.05. The van der Waals surface area contributed by atoms with Crippen molar-refractivity contribution in [2.45, 2.75) is 60.0 Å². The van der Waals surface area contributed by atoms with Crippen LogP contribution in [-0.2, 0) is 31.0 Å². The summed E-state index contributed by atoms with van der Waals surface area (Å²) in [6.07, 6.45) is -0.793. The fraction of sp³-hybridized carbons (Fsp3) is 0.379. The minimum Gasteiger partial charge on any atom is -0.506 e. The lowest BCUT2D eigenvalue weighted by Gasteiger charge is -2.24. The number of hydrogen-bond acceptors (Lipinski definition) is 10. The number of imidazole rings is 1. The van der Waals surface area contributed by atoms with E-state index in [1.165, 1.54) is 11.0 Å².